The molecule has 0 saturated heterocycles. The molecular formula is C20H22N2O3. The maximum atomic E-state index is 12.7. The summed E-state index contributed by atoms with van der Waals surface area (Å²) in [6, 6.07) is 9.26. The van der Waals surface area contributed by atoms with Crippen LogP contribution in [0, 0.1) is 12.8 Å². The van der Waals surface area contributed by atoms with Crippen LogP contribution in [-0.2, 0) is 6.54 Å². The van der Waals surface area contributed by atoms with Gasteiger partial charge >= 0.3 is 0 Å². The Balaban J connectivity index is 2.00. The van der Waals surface area contributed by atoms with Crippen molar-refractivity contribution in [3.05, 3.63) is 69.1 Å². The molecule has 0 aliphatic heterocycles. The van der Waals surface area contributed by atoms with Gasteiger partial charge in [0.15, 0.2) is 5.78 Å². The number of carbonyl (C=O) groups is 2. The van der Waals surface area contributed by atoms with Crippen molar-refractivity contribution in [2.45, 2.75) is 32.7 Å². The van der Waals surface area contributed by atoms with Gasteiger partial charge in [0.2, 0.25) is 0 Å². The first-order chi connectivity index (χ1) is 12.0. The Labute approximate surface area is 146 Å². The van der Waals surface area contributed by atoms with Gasteiger partial charge in [0.1, 0.15) is 5.56 Å². The number of aromatic nitrogens is 1. The molecule has 5 heteroatoms. The lowest BCUT2D eigenvalue weighted by molar-refractivity contribution is 0.0961. The Morgan fingerprint density at radius 3 is 2.64 bits per heavy atom. The second-order valence-electron chi connectivity index (χ2n) is 6.71. The molecule has 1 amide bonds. The van der Waals surface area contributed by atoms with Crippen LogP contribution >= 0.6 is 0 Å². The van der Waals surface area contributed by atoms with E-state index in [0.717, 1.165) is 24.0 Å². The number of rotatable bonds is 6. The van der Waals surface area contributed by atoms with Crippen LogP contribution in [0.2, 0.25) is 0 Å². The lowest BCUT2D eigenvalue weighted by atomic mass is 10.0. The number of carbonyl (C=O) groups excluding carboxylic acids is 2. The molecule has 130 valence electrons. The monoisotopic (exact) mass is 338 g/mol. The molecule has 0 atom stereocenters. The number of ketones is 1. The van der Waals surface area contributed by atoms with Crippen molar-refractivity contribution >= 4 is 11.7 Å². The standard InChI is InChI=1S/C20H22N2O3/c1-13-4-3-5-15(8-13)11-22-12-16(18(23)9-14-6-7-14)10-17(20(22)25)19(24)21-2/h3-5,8,10,12,14H,6-7,9,11H2,1-2H3,(H,21,24). The molecule has 1 fully saturated rings. The first-order valence-corrected chi connectivity index (χ1v) is 8.53. The number of nitrogens with one attached hydrogen (secondary N) is 1. The van der Waals surface area contributed by atoms with E-state index < -0.39 is 5.91 Å². The van der Waals surface area contributed by atoms with E-state index in [4.69, 9.17) is 0 Å². The van der Waals surface area contributed by atoms with Gasteiger partial charge in [-0.25, -0.2) is 0 Å². The van der Waals surface area contributed by atoms with E-state index in [0.29, 0.717) is 24.4 Å². The van der Waals surface area contributed by atoms with Gasteiger partial charge in [-0.15, -0.1) is 0 Å². The zero-order valence-electron chi connectivity index (χ0n) is 14.5. The van der Waals surface area contributed by atoms with Gasteiger partial charge in [0, 0.05) is 25.2 Å². The van der Waals surface area contributed by atoms with Crippen molar-refractivity contribution in [1.82, 2.24) is 9.88 Å². The smallest absolute Gasteiger partial charge is 0.263 e. The van der Waals surface area contributed by atoms with Gasteiger partial charge in [-0.05, 0) is 37.3 Å². The Morgan fingerprint density at radius 1 is 1.24 bits per heavy atom. The molecule has 1 aromatic heterocycles. The minimum Gasteiger partial charge on any atom is -0.355 e. The van der Waals surface area contributed by atoms with Crippen LogP contribution in [0.5, 0.6) is 0 Å². The fourth-order valence-corrected chi connectivity index (χ4v) is 2.91. The van der Waals surface area contributed by atoms with E-state index in [2.05, 4.69) is 5.32 Å². The van der Waals surface area contributed by atoms with E-state index in [1.165, 1.54) is 17.7 Å². The highest BCUT2D eigenvalue weighted by Crippen LogP contribution is 2.33. The van der Waals surface area contributed by atoms with E-state index in [9.17, 15) is 14.4 Å². The average molecular weight is 338 g/mol. The minimum absolute atomic E-state index is 0.00866. The molecule has 25 heavy (non-hydrogen) atoms. The second kappa shape index (κ2) is 7.05. The van der Waals surface area contributed by atoms with Gasteiger partial charge in [-0.3, -0.25) is 14.4 Å². The summed E-state index contributed by atoms with van der Waals surface area (Å²) in [5.41, 5.74) is 2.10. The van der Waals surface area contributed by atoms with Crippen molar-refractivity contribution in [1.29, 1.82) is 0 Å². The van der Waals surface area contributed by atoms with Crippen molar-refractivity contribution < 1.29 is 9.59 Å². The summed E-state index contributed by atoms with van der Waals surface area (Å²) < 4.78 is 1.46. The summed E-state index contributed by atoms with van der Waals surface area (Å²) in [5.74, 6) is -0.0252. The Kier molecular flexibility index (Phi) is 4.83. The van der Waals surface area contributed by atoms with Crippen LogP contribution in [-0.4, -0.2) is 23.3 Å². The fraction of sp³-hybridized carbons (Fsp3) is 0.350. The Morgan fingerprint density at radius 2 is 2.00 bits per heavy atom. The summed E-state index contributed by atoms with van der Waals surface area (Å²) in [6.07, 6.45) is 4.23. The number of nitrogens with zero attached hydrogens (tertiary/aromatic N) is 1. The largest absolute Gasteiger partial charge is 0.355 e. The van der Waals surface area contributed by atoms with Crippen molar-refractivity contribution in [2.24, 2.45) is 5.92 Å². The number of pyridine rings is 1. The summed E-state index contributed by atoms with van der Waals surface area (Å²) in [4.78, 5) is 37.2. The predicted octanol–water partition coefficient (Wildman–Crippen LogP) is 2.55. The SMILES string of the molecule is CNC(=O)c1cc(C(=O)CC2CC2)cn(Cc2cccc(C)c2)c1=O. The topological polar surface area (TPSA) is 68.2 Å². The molecule has 0 unspecified atom stereocenters. The van der Waals surface area contributed by atoms with Crippen molar-refractivity contribution in [3.8, 4) is 0 Å². The van der Waals surface area contributed by atoms with E-state index in [1.54, 1.807) is 6.20 Å². The summed E-state index contributed by atoms with van der Waals surface area (Å²) >= 11 is 0. The Bertz CT molecular complexity index is 879. The van der Waals surface area contributed by atoms with E-state index in [-0.39, 0.29) is 16.9 Å². The summed E-state index contributed by atoms with van der Waals surface area (Å²) in [5, 5.41) is 2.48. The highest BCUT2D eigenvalue weighted by molar-refractivity contribution is 6.00. The quantitative estimate of drug-likeness (QED) is 0.823. The normalized spacial score (nSPS) is 13.5. The molecule has 1 aromatic carbocycles. The minimum atomic E-state index is -0.468. The number of aryl methyl sites for hydroxylation is 1. The van der Waals surface area contributed by atoms with Gasteiger partial charge in [-0.1, -0.05) is 29.8 Å². The molecule has 0 bridgehead atoms. The van der Waals surface area contributed by atoms with Crippen LogP contribution in [0.1, 0.15) is 51.1 Å². The first kappa shape index (κ1) is 17.1. The number of amides is 1. The van der Waals surface area contributed by atoms with Gasteiger partial charge in [0.05, 0.1) is 6.54 Å². The first-order valence-electron chi connectivity index (χ1n) is 8.53. The van der Waals surface area contributed by atoms with Crippen LogP contribution < -0.4 is 10.9 Å². The Hall–Kier alpha value is -2.69. The fourth-order valence-electron chi connectivity index (χ4n) is 2.91. The number of hydrogen-bond donors (Lipinski definition) is 1. The number of hydrogen-bond acceptors (Lipinski definition) is 3. The number of benzene rings is 1. The molecule has 2 aromatic rings. The molecule has 0 spiro atoms. The zero-order chi connectivity index (χ0) is 18.0. The van der Waals surface area contributed by atoms with Crippen LogP contribution in [0.15, 0.2) is 41.3 Å². The molecule has 1 heterocycles. The summed E-state index contributed by atoms with van der Waals surface area (Å²) in [6.45, 7) is 2.31. The molecular weight excluding hydrogens is 316 g/mol. The third kappa shape index (κ3) is 4.05. The third-order valence-corrected chi connectivity index (χ3v) is 4.49. The molecule has 1 saturated carbocycles. The van der Waals surface area contributed by atoms with Gasteiger partial charge < -0.3 is 9.88 Å². The predicted molar refractivity (Wildman–Crippen MR) is 96.0 cm³/mol. The maximum Gasteiger partial charge on any atom is 0.263 e. The highest BCUT2D eigenvalue weighted by Gasteiger charge is 2.26. The van der Waals surface area contributed by atoms with E-state index in [1.807, 2.05) is 31.2 Å². The van der Waals surface area contributed by atoms with E-state index >= 15 is 0 Å². The van der Waals surface area contributed by atoms with Crippen molar-refractivity contribution in [3.63, 3.8) is 0 Å². The lowest BCUT2D eigenvalue weighted by Crippen LogP contribution is -2.32. The van der Waals surface area contributed by atoms with Crippen LogP contribution in [0.3, 0.4) is 0 Å². The number of Topliss-reactive ketones (excluding diaryl/α,β-unsaturated/α-hetero) is 1. The molecule has 1 aliphatic carbocycles. The molecule has 0 radical (unpaired) electrons. The van der Waals surface area contributed by atoms with Crippen LogP contribution in [0.4, 0.5) is 0 Å². The lowest BCUT2D eigenvalue weighted by Gasteiger charge is -2.11. The molecule has 3 rings (SSSR count). The summed E-state index contributed by atoms with van der Waals surface area (Å²) in [7, 11) is 1.48. The van der Waals surface area contributed by atoms with Crippen molar-refractivity contribution in [2.75, 3.05) is 7.05 Å². The molecule has 1 aliphatic rings. The zero-order valence-corrected chi connectivity index (χ0v) is 14.5. The van der Waals surface area contributed by atoms with Crippen LogP contribution in [0.25, 0.3) is 0 Å². The van der Waals surface area contributed by atoms with Gasteiger partial charge in [0.25, 0.3) is 11.5 Å². The molecule has 5 nitrogen and oxygen atoms in total. The third-order valence-electron chi connectivity index (χ3n) is 4.49. The molecule has 1 N–H and O–H groups in total. The second-order valence-corrected chi connectivity index (χ2v) is 6.71. The highest BCUT2D eigenvalue weighted by atomic mass is 16.2. The average Bonchev–Trinajstić information content (AvgIpc) is 3.40. The van der Waals surface area contributed by atoms with Gasteiger partial charge in [-0.2, -0.15) is 0 Å². The maximum absolute atomic E-state index is 12.7.